The Morgan fingerprint density at radius 3 is 2.48 bits per heavy atom. The first-order valence-corrected chi connectivity index (χ1v) is 10.5. The maximum absolute atomic E-state index is 12.7. The van der Waals surface area contributed by atoms with Crippen LogP contribution in [0.2, 0.25) is 0 Å². The van der Waals surface area contributed by atoms with Gasteiger partial charge in [0.15, 0.2) is 5.84 Å². The van der Waals surface area contributed by atoms with Gasteiger partial charge in [-0.25, -0.2) is 0 Å². The van der Waals surface area contributed by atoms with Gasteiger partial charge in [-0.2, -0.15) is 4.21 Å². The number of amides is 1. The summed E-state index contributed by atoms with van der Waals surface area (Å²) in [6.45, 7) is 7.59. The molecule has 1 amide bonds. The highest BCUT2D eigenvalue weighted by atomic mass is 32.2. The fraction of sp³-hybridized carbons (Fsp3) is 0.333. The molecule has 1 unspecified atom stereocenters. The molecule has 8 heteroatoms. The standard InChI is InChI=1S/C21H23N3O4S/c1-21(2,3)17-6-4-5-7-18(17)27-16-12-24(13-16)20(25)15-10-8-14(9-11-15)19-22-28-29(26)23-19/h4-11,16H,12-13H2,1-3H3,(H,22,23). The van der Waals surface area contributed by atoms with Gasteiger partial charge in [0.1, 0.15) is 11.9 Å². The average molecular weight is 413 g/mol. The molecule has 0 saturated carbocycles. The van der Waals surface area contributed by atoms with E-state index in [-0.39, 0.29) is 17.4 Å². The van der Waals surface area contributed by atoms with Gasteiger partial charge in [0, 0.05) is 11.1 Å². The molecule has 0 aliphatic carbocycles. The van der Waals surface area contributed by atoms with E-state index in [4.69, 9.17) is 4.74 Å². The lowest BCUT2D eigenvalue weighted by atomic mass is 9.86. The van der Waals surface area contributed by atoms with Crippen LogP contribution in [0.4, 0.5) is 0 Å². The van der Waals surface area contributed by atoms with Gasteiger partial charge in [-0.3, -0.25) is 13.8 Å². The third-order valence-corrected chi connectivity index (χ3v) is 5.48. The number of likely N-dealkylation sites (tertiary alicyclic amines) is 1. The normalized spacial score (nSPS) is 19.1. The van der Waals surface area contributed by atoms with Crippen LogP contribution >= 0.6 is 0 Å². The largest absolute Gasteiger partial charge is 0.486 e. The average Bonchev–Trinajstić information content (AvgIpc) is 3.10. The zero-order valence-corrected chi connectivity index (χ0v) is 17.4. The van der Waals surface area contributed by atoms with Crippen LogP contribution in [-0.2, 0) is 21.0 Å². The summed E-state index contributed by atoms with van der Waals surface area (Å²) in [7, 11) is 0. The number of benzene rings is 2. The summed E-state index contributed by atoms with van der Waals surface area (Å²) in [6, 6.07) is 15.0. The van der Waals surface area contributed by atoms with Crippen molar-refractivity contribution in [3.05, 3.63) is 65.2 Å². The molecule has 1 saturated heterocycles. The monoisotopic (exact) mass is 413 g/mol. The van der Waals surface area contributed by atoms with Gasteiger partial charge in [0.2, 0.25) is 0 Å². The van der Waals surface area contributed by atoms with Crippen LogP contribution in [0, 0.1) is 0 Å². The van der Waals surface area contributed by atoms with Crippen LogP contribution in [0.25, 0.3) is 0 Å². The lowest BCUT2D eigenvalue weighted by Gasteiger charge is -2.39. The molecule has 2 aromatic rings. The molecule has 1 fully saturated rings. The Morgan fingerprint density at radius 1 is 1.17 bits per heavy atom. The van der Waals surface area contributed by atoms with Crippen molar-refractivity contribution in [3.63, 3.8) is 0 Å². The Balaban J connectivity index is 1.36. The van der Waals surface area contributed by atoms with E-state index in [1.807, 2.05) is 18.2 Å². The van der Waals surface area contributed by atoms with E-state index >= 15 is 0 Å². The molecule has 2 aliphatic rings. The van der Waals surface area contributed by atoms with Crippen LogP contribution < -0.4 is 9.46 Å². The summed E-state index contributed by atoms with van der Waals surface area (Å²) in [5, 5.41) is 3.69. The molecular formula is C21H23N3O4S. The number of para-hydroxylation sites is 1. The van der Waals surface area contributed by atoms with Crippen molar-refractivity contribution in [2.45, 2.75) is 32.3 Å². The maximum atomic E-state index is 12.7. The zero-order chi connectivity index (χ0) is 20.6. The summed E-state index contributed by atoms with van der Waals surface area (Å²) in [5.41, 5.74) is 2.45. The number of ether oxygens (including phenoxy) is 1. The number of amidine groups is 1. The first-order valence-electron chi connectivity index (χ1n) is 9.41. The predicted molar refractivity (Wildman–Crippen MR) is 111 cm³/mol. The molecule has 0 aromatic heterocycles. The van der Waals surface area contributed by atoms with Gasteiger partial charge in [-0.15, -0.1) is 0 Å². The zero-order valence-electron chi connectivity index (χ0n) is 16.5. The molecule has 1 atom stereocenters. The molecule has 2 aromatic carbocycles. The van der Waals surface area contributed by atoms with Crippen molar-refractivity contribution in [2.75, 3.05) is 13.1 Å². The van der Waals surface area contributed by atoms with E-state index in [0.717, 1.165) is 11.3 Å². The van der Waals surface area contributed by atoms with Gasteiger partial charge in [-0.05, 0) is 34.3 Å². The predicted octanol–water partition coefficient (Wildman–Crippen LogP) is 2.75. The second-order valence-electron chi connectivity index (χ2n) is 8.12. The second kappa shape index (κ2) is 7.51. The second-order valence-corrected chi connectivity index (χ2v) is 8.95. The Kier molecular flexibility index (Phi) is 5.04. The molecular weight excluding hydrogens is 390 g/mol. The van der Waals surface area contributed by atoms with Gasteiger partial charge in [-0.1, -0.05) is 51.1 Å². The summed E-state index contributed by atoms with van der Waals surface area (Å²) in [4.78, 5) is 14.5. The van der Waals surface area contributed by atoms with Gasteiger partial charge >= 0.3 is 11.3 Å². The number of carbonyl (C=O) groups is 1. The number of rotatable bonds is 4. The maximum Gasteiger partial charge on any atom is 0.338 e. The Hall–Kier alpha value is -2.87. The van der Waals surface area contributed by atoms with Gasteiger partial charge in [0.25, 0.3) is 5.91 Å². The van der Waals surface area contributed by atoms with E-state index in [9.17, 15) is 9.00 Å². The van der Waals surface area contributed by atoms with Crippen molar-refractivity contribution in [1.82, 2.24) is 9.62 Å². The topological polar surface area (TPSA) is 80.2 Å². The smallest absolute Gasteiger partial charge is 0.338 e. The van der Waals surface area contributed by atoms with E-state index in [0.29, 0.717) is 30.1 Å². The molecule has 29 heavy (non-hydrogen) atoms. The number of hydrogen-bond donors (Lipinski definition) is 1. The third-order valence-electron chi connectivity index (χ3n) is 4.91. The van der Waals surface area contributed by atoms with Crippen molar-refractivity contribution in [3.8, 4) is 5.75 Å². The van der Waals surface area contributed by atoms with Gasteiger partial charge < -0.3 is 9.64 Å². The lowest BCUT2D eigenvalue weighted by molar-refractivity contribution is 0.0171. The minimum absolute atomic E-state index is 0.00624. The molecule has 152 valence electrons. The number of hydrogen-bond acceptors (Lipinski definition) is 5. The summed E-state index contributed by atoms with van der Waals surface area (Å²) in [6.07, 6.45) is -0.00843. The SMILES string of the molecule is CC(C)(C)c1ccccc1OC1CN(C(=O)c2ccc(C3=NOS(=O)N3)cc2)C1. The molecule has 2 aliphatic heterocycles. The highest BCUT2D eigenvalue weighted by molar-refractivity contribution is 7.79. The Morgan fingerprint density at radius 2 is 1.86 bits per heavy atom. The Labute approximate surface area is 172 Å². The van der Waals surface area contributed by atoms with Crippen molar-refractivity contribution < 1.29 is 18.0 Å². The molecule has 0 bridgehead atoms. The van der Waals surface area contributed by atoms with E-state index in [1.54, 1.807) is 29.2 Å². The number of carbonyl (C=O) groups excluding carboxylic acids is 1. The molecule has 1 N–H and O–H groups in total. The highest BCUT2D eigenvalue weighted by Crippen LogP contribution is 2.32. The summed E-state index contributed by atoms with van der Waals surface area (Å²) in [5.74, 6) is 1.23. The quantitative estimate of drug-likeness (QED) is 0.836. The minimum atomic E-state index is -1.64. The molecule has 7 nitrogen and oxygen atoms in total. The number of nitrogens with one attached hydrogen (secondary N) is 1. The Bertz CT molecular complexity index is 976. The lowest BCUT2D eigenvalue weighted by Crippen LogP contribution is -2.56. The molecule has 2 heterocycles. The van der Waals surface area contributed by atoms with E-state index < -0.39 is 11.3 Å². The van der Waals surface area contributed by atoms with E-state index in [2.05, 4.69) is 41.0 Å². The minimum Gasteiger partial charge on any atom is -0.486 e. The summed E-state index contributed by atoms with van der Waals surface area (Å²) >= 11 is -1.64. The van der Waals surface area contributed by atoms with Crippen LogP contribution in [0.1, 0.15) is 42.3 Å². The third kappa shape index (κ3) is 4.12. The highest BCUT2D eigenvalue weighted by Gasteiger charge is 2.34. The van der Waals surface area contributed by atoms with Crippen LogP contribution in [0.15, 0.2) is 53.7 Å². The molecule has 0 radical (unpaired) electrons. The van der Waals surface area contributed by atoms with E-state index in [1.165, 1.54) is 0 Å². The first kappa shape index (κ1) is 19.4. The number of nitrogens with zero attached hydrogens (tertiary/aromatic N) is 2. The van der Waals surface area contributed by atoms with Crippen molar-refractivity contribution >= 4 is 23.0 Å². The van der Waals surface area contributed by atoms with Crippen molar-refractivity contribution in [2.24, 2.45) is 5.16 Å². The molecule has 0 spiro atoms. The molecule has 4 rings (SSSR count). The number of oxime groups is 1. The fourth-order valence-corrected chi connectivity index (χ4v) is 3.79. The summed E-state index contributed by atoms with van der Waals surface area (Å²) < 4.78 is 24.5. The van der Waals surface area contributed by atoms with Crippen LogP contribution in [0.5, 0.6) is 5.75 Å². The fourth-order valence-electron chi connectivity index (χ4n) is 3.30. The van der Waals surface area contributed by atoms with Crippen molar-refractivity contribution in [1.29, 1.82) is 0 Å². The van der Waals surface area contributed by atoms with Crippen LogP contribution in [0.3, 0.4) is 0 Å². The first-order chi connectivity index (χ1) is 13.8. The van der Waals surface area contributed by atoms with Crippen LogP contribution in [-0.4, -0.2) is 40.0 Å². The van der Waals surface area contributed by atoms with Gasteiger partial charge in [0.05, 0.1) is 13.1 Å².